The number of rotatable bonds is 6. The number of hydrogen-bond donors (Lipinski definition) is 2. The highest BCUT2D eigenvalue weighted by atomic mass is 35.5. The number of ether oxygens (including phenoxy) is 1. The number of nitrogens with one attached hydrogen (secondary N) is 1. The second-order valence-electron chi connectivity index (χ2n) is 5.15. The topological polar surface area (TPSA) is 41.5 Å². The van der Waals surface area contributed by atoms with E-state index in [4.69, 9.17) is 33.0 Å². The molecular formula is C15H19Cl2NO2. The molecule has 20 heavy (non-hydrogen) atoms. The Hall–Kier alpha value is -0.740. The monoisotopic (exact) mass is 315 g/mol. The van der Waals surface area contributed by atoms with Crippen molar-refractivity contribution in [3.8, 4) is 5.75 Å². The van der Waals surface area contributed by atoms with Crippen molar-refractivity contribution >= 4 is 29.3 Å². The maximum Gasteiger partial charge on any atom is 0.145 e. The van der Waals surface area contributed by atoms with E-state index < -0.39 is 0 Å². The summed E-state index contributed by atoms with van der Waals surface area (Å²) in [5, 5.41) is 13.4. The minimum absolute atomic E-state index is 0.235. The highest BCUT2D eigenvalue weighted by molar-refractivity contribution is 6.36. The molecule has 0 fully saturated rings. The van der Waals surface area contributed by atoms with Crippen LogP contribution in [0.1, 0.15) is 18.9 Å². The fourth-order valence-electron chi connectivity index (χ4n) is 2.17. The van der Waals surface area contributed by atoms with Crippen LogP contribution in [0.4, 0.5) is 0 Å². The van der Waals surface area contributed by atoms with Gasteiger partial charge in [-0.15, -0.1) is 0 Å². The van der Waals surface area contributed by atoms with Crippen LogP contribution >= 0.6 is 23.2 Å². The van der Waals surface area contributed by atoms with Gasteiger partial charge >= 0.3 is 0 Å². The molecular weight excluding hydrogens is 297 g/mol. The number of aliphatic hydroxyl groups is 1. The van der Waals surface area contributed by atoms with Gasteiger partial charge in [0.2, 0.25) is 0 Å². The summed E-state index contributed by atoms with van der Waals surface area (Å²) in [5.41, 5.74) is 2.08. The second kappa shape index (κ2) is 7.32. The molecule has 2 N–H and O–H groups in total. The number of halogens is 2. The smallest absolute Gasteiger partial charge is 0.145 e. The third-order valence-electron chi connectivity index (χ3n) is 3.27. The summed E-state index contributed by atoms with van der Waals surface area (Å²) in [6.45, 7) is 4.53. The van der Waals surface area contributed by atoms with Gasteiger partial charge < -0.3 is 15.2 Å². The average molecular weight is 316 g/mol. The van der Waals surface area contributed by atoms with Gasteiger partial charge in [-0.1, -0.05) is 30.1 Å². The molecule has 1 aliphatic rings. The van der Waals surface area contributed by atoms with Crippen LogP contribution in [-0.4, -0.2) is 31.4 Å². The minimum atomic E-state index is 0.235. The third-order valence-corrected chi connectivity index (χ3v) is 3.76. The first-order valence-electron chi connectivity index (χ1n) is 6.73. The SMILES string of the molecule is CC(CCO)CNCC1=Cc2cc(Cl)cc(Cl)c2OC1. The van der Waals surface area contributed by atoms with Crippen LogP contribution in [0, 0.1) is 5.92 Å². The van der Waals surface area contributed by atoms with E-state index in [1.54, 1.807) is 6.07 Å². The van der Waals surface area contributed by atoms with Crippen molar-refractivity contribution < 1.29 is 9.84 Å². The van der Waals surface area contributed by atoms with E-state index in [2.05, 4.69) is 18.3 Å². The van der Waals surface area contributed by atoms with Crippen LogP contribution in [0.5, 0.6) is 5.75 Å². The highest BCUT2D eigenvalue weighted by Gasteiger charge is 2.15. The van der Waals surface area contributed by atoms with Gasteiger partial charge in [0.15, 0.2) is 0 Å². The van der Waals surface area contributed by atoms with E-state index in [0.717, 1.165) is 30.6 Å². The molecule has 1 aromatic carbocycles. The summed E-state index contributed by atoms with van der Waals surface area (Å²) in [5.74, 6) is 1.16. The maximum absolute atomic E-state index is 8.86. The Balaban J connectivity index is 1.96. The molecule has 0 saturated heterocycles. The zero-order chi connectivity index (χ0) is 14.5. The summed E-state index contributed by atoms with van der Waals surface area (Å²) in [6.07, 6.45) is 2.89. The van der Waals surface area contributed by atoms with Crippen LogP contribution in [0.15, 0.2) is 17.7 Å². The van der Waals surface area contributed by atoms with Crippen molar-refractivity contribution in [2.24, 2.45) is 5.92 Å². The molecule has 1 aromatic rings. The van der Waals surface area contributed by atoms with Crippen molar-refractivity contribution in [3.63, 3.8) is 0 Å². The Bertz CT molecular complexity index is 503. The van der Waals surface area contributed by atoms with E-state index in [9.17, 15) is 0 Å². The van der Waals surface area contributed by atoms with Crippen LogP contribution in [0.25, 0.3) is 6.08 Å². The Morgan fingerprint density at radius 2 is 2.20 bits per heavy atom. The molecule has 1 unspecified atom stereocenters. The van der Waals surface area contributed by atoms with Crippen molar-refractivity contribution in [2.75, 3.05) is 26.3 Å². The van der Waals surface area contributed by atoms with Crippen molar-refractivity contribution in [1.29, 1.82) is 0 Å². The lowest BCUT2D eigenvalue weighted by Crippen LogP contribution is -2.26. The third kappa shape index (κ3) is 4.13. The summed E-state index contributed by atoms with van der Waals surface area (Å²) in [4.78, 5) is 0. The van der Waals surface area contributed by atoms with Crippen LogP contribution in [0.3, 0.4) is 0 Å². The Labute approximate surface area is 129 Å². The average Bonchev–Trinajstić information content (AvgIpc) is 2.38. The summed E-state index contributed by atoms with van der Waals surface area (Å²) in [7, 11) is 0. The van der Waals surface area contributed by atoms with Crippen molar-refractivity contribution in [2.45, 2.75) is 13.3 Å². The Kier molecular flexibility index (Phi) is 5.73. The van der Waals surface area contributed by atoms with E-state index >= 15 is 0 Å². The molecule has 1 aliphatic heterocycles. The molecule has 0 aliphatic carbocycles. The first kappa shape index (κ1) is 15.6. The fourth-order valence-corrected chi connectivity index (χ4v) is 2.73. The zero-order valence-corrected chi connectivity index (χ0v) is 13.0. The lowest BCUT2D eigenvalue weighted by molar-refractivity contribution is 0.260. The van der Waals surface area contributed by atoms with Gasteiger partial charge in [-0.05, 0) is 42.7 Å². The van der Waals surface area contributed by atoms with Gasteiger partial charge in [0.25, 0.3) is 0 Å². The van der Waals surface area contributed by atoms with E-state index in [1.165, 1.54) is 0 Å². The predicted molar refractivity (Wildman–Crippen MR) is 83.7 cm³/mol. The molecule has 1 heterocycles. The summed E-state index contributed by atoms with van der Waals surface area (Å²) in [6, 6.07) is 3.55. The van der Waals surface area contributed by atoms with Gasteiger partial charge in [0.05, 0.1) is 5.02 Å². The van der Waals surface area contributed by atoms with Crippen LogP contribution in [0.2, 0.25) is 10.0 Å². The lowest BCUT2D eigenvalue weighted by atomic mass is 10.1. The molecule has 3 nitrogen and oxygen atoms in total. The van der Waals surface area contributed by atoms with E-state index in [1.807, 2.05) is 6.07 Å². The van der Waals surface area contributed by atoms with Crippen molar-refractivity contribution in [1.82, 2.24) is 5.32 Å². The Morgan fingerprint density at radius 1 is 1.40 bits per heavy atom. The zero-order valence-electron chi connectivity index (χ0n) is 11.5. The predicted octanol–water partition coefficient (Wildman–Crippen LogP) is 3.38. The number of benzene rings is 1. The van der Waals surface area contributed by atoms with Crippen LogP contribution < -0.4 is 10.1 Å². The molecule has 1 atom stereocenters. The van der Waals surface area contributed by atoms with Gasteiger partial charge in [0, 0.05) is 23.7 Å². The van der Waals surface area contributed by atoms with E-state index in [-0.39, 0.29) is 6.61 Å². The lowest BCUT2D eigenvalue weighted by Gasteiger charge is -2.20. The number of hydrogen-bond acceptors (Lipinski definition) is 3. The molecule has 0 spiro atoms. The van der Waals surface area contributed by atoms with Crippen molar-refractivity contribution in [3.05, 3.63) is 33.3 Å². The van der Waals surface area contributed by atoms with Gasteiger partial charge in [-0.25, -0.2) is 0 Å². The molecule has 0 saturated carbocycles. The van der Waals surface area contributed by atoms with Gasteiger partial charge in [0.1, 0.15) is 12.4 Å². The first-order valence-corrected chi connectivity index (χ1v) is 7.48. The normalized spacial score (nSPS) is 15.3. The first-order chi connectivity index (χ1) is 9.60. The Morgan fingerprint density at radius 3 is 2.95 bits per heavy atom. The highest BCUT2D eigenvalue weighted by Crippen LogP contribution is 2.36. The molecule has 0 amide bonds. The molecule has 0 bridgehead atoms. The van der Waals surface area contributed by atoms with Gasteiger partial charge in [-0.2, -0.15) is 0 Å². The van der Waals surface area contributed by atoms with Gasteiger partial charge in [-0.3, -0.25) is 0 Å². The largest absolute Gasteiger partial charge is 0.487 e. The summed E-state index contributed by atoms with van der Waals surface area (Å²) < 4.78 is 5.69. The summed E-state index contributed by atoms with van der Waals surface area (Å²) >= 11 is 12.1. The minimum Gasteiger partial charge on any atom is -0.487 e. The number of fused-ring (bicyclic) bond motifs is 1. The maximum atomic E-state index is 8.86. The number of aliphatic hydroxyl groups excluding tert-OH is 1. The van der Waals surface area contributed by atoms with E-state index in [0.29, 0.717) is 28.3 Å². The molecule has 0 aromatic heterocycles. The molecule has 5 heteroatoms. The quantitative estimate of drug-likeness (QED) is 0.845. The standard InChI is InChI=1S/C15H19Cl2NO2/c1-10(2-3-19)7-18-8-11-4-12-5-13(16)6-14(17)15(12)20-9-11/h4-6,10,18-19H,2-3,7-9H2,1H3. The fraction of sp³-hybridized carbons (Fsp3) is 0.467. The molecule has 0 radical (unpaired) electrons. The second-order valence-corrected chi connectivity index (χ2v) is 5.99. The molecule has 2 rings (SSSR count). The molecule has 110 valence electrons. The van der Waals surface area contributed by atoms with Crippen LogP contribution in [-0.2, 0) is 0 Å².